The van der Waals surface area contributed by atoms with E-state index in [9.17, 15) is 0 Å². The van der Waals surface area contributed by atoms with Crippen LogP contribution in [0.2, 0.25) is 0 Å². The van der Waals surface area contributed by atoms with Gasteiger partial charge in [0.15, 0.2) is 0 Å². The van der Waals surface area contributed by atoms with E-state index in [0.717, 1.165) is 6.08 Å². The lowest BCUT2D eigenvalue weighted by Crippen LogP contribution is -2.50. The Labute approximate surface area is 139 Å². The van der Waals surface area contributed by atoms with Crippen LogP contribution in [-0.2, 0) is 4.79 Å². The number of hydrogen-bond acceptors (Lipinski definition) is 2. The highest BCUT2D eigenvalue weighted by Crippen LogP contribution is 2.16. The minimum absolute atomic E-state index is 0.438. The van der Waals surface area contributed by atoms with Crippen molar-refractivity contribution in [3.8, 4) is 0 Å². The zero-order valence-electron chi connectivity index (χ0n) is 15.5. The number of carbonyl (C=O) groups is 1. The molecular weight excluding hydrogens is 274 g/mol. The Morgan fingerprint density at radius 3 is 1.18 bits per heavy atom. The van der Waals surface area contributed by atoms with Crippen molar-refractivity contribution in [2.24, 2.45) is 0 Å². The monoisotopic (exact) mass is 313 g/mol. The van der Waals surface area contributed by atoms with Crippen LogP contribution in [0.15, 0.2) is 12.3 Å². The largest absolute Gasteiger partial charge is 0.878 e. The van der Waals surface area contributed by atoms with Gasteiger partial charge in [-0.25, -0.2) is 0 Å². The van der Waals surface area contributed by atoms with Crippen LogP contribution in [0.4, 0.5) is 0 Å². The zero-order valence-corrected chi connectivity index (χ0v) is 15.5. The van der Waals surface area contributed by atoms with Crippen molar-refractivity contribution in [1.29, 1.82) is 0 Å². The van der Waals surface area contributed by atoms with Crippen LogP contribution in [0.25, 0.3) is 0 Å². The quantitative estimate of drug-likeness (QED) is 0.223. The molecule has 0 bridgehead atoms. The third-order valence-electron chi connectivity index (χ3n) is 4.10. The van der Waals surface area contributed by atoms with Gasteiger partial charge in [0, 0.05) is 0 Å². The molecule has 22 heavy (non-hydrogen) atoms. The number of aldehydes is 1. The molecule has 3 heteroatoms. The van der Waals surface area contributed by atoms with Gasteiger partial charge in [-0.1, -0.05) is 53.4 Å². The molecule has 0 aromatic rings. The Hall–Kier alpha value is -0.830. The average Bonchev–Trinajstić information content (AvgIpc) is 2.55. The molecule has 0 N–H and O–H groups in total. The van der Waals surface area contributed by atoms with Gasteiger partial charge in [-0.2, -0.15) is 0 Å². The van der Waals surface area contributed by atoms with Gasteiger partial charge in [0.1, 0.15) is 6.29 Å². The highest BCUT2D eigenvalue weighted by atomic mass is 16.2. The first-order chi connectivity index (χ1) is 10.7. The van der Waals surface area contributed by atoms with Crippen LogP contribution in [0.3, 0.4) is 0 Å². The second-order valence-electron chi connectivity index (χ2n) is 6.11. The second kappa shape index (κ2) is 18.2. The molecule has 0 radical (unpaired) electrons. The Morgan fingerprint density at radius 1 is 0.727 bits per heavy atom. The van der Waals surface area contributed by atoms with Crippen molar-refractivity contribution in [1.82, 2.24) is 0 Å². The highest BCUT2D eigenvalue weighted by molar-refractivity contribution is 5.63. The highest BCUT2D eigenvalue weighted by Gasteiger charge is 2.24. The van der Waals surface area contributed by atoms with E-state index in [4.69, 9.17) is 9.90 Å². The van der Waals surface area contributed by atoms with Gasteiger partial charge in [0.05, 0.1) is 26.2 Å². The maximum Gasteiger partial charge on any atom is 0.141 e. The summed E-state index contributed by atoms with van der Waals surface area (Å²) in [7, 11) is 0. The van der Waals surface area contributed by atoms with Gasteiger partial charge in [-0.15, -0.1) is 6.26 Å². The fourth-order valence-electron chi connectivity index (χ4n) is 2.68. The molecule has 0 saturated carbocycles. The number of quaternary nitrogens is 1. The van der Waals surface area contributed by atoms with Crippen molar-refractivity contribution in [3.63, 3.8) is 0 Å². The summed E-state index contributed by atoms with van der Waals surface area (Å²) in [5.74, 6) is 0. The van der Waals surface area contributed by atoms with Crippen LogP contribution in [0.5, 0.6) is 0 Å². The summed E-state index contributed by atoms with van der Waals surface area (Å²) in [5.41, 5.74) is 0. The molecule has 132 valence electrons. The Balaban J connectivity index is 0. The minimum atomic E-state index is 0.438. The fraction of sp³-hybridized carbons (Fsp3) is 0.842. The summed E-state index contributed by atoms with van der Waals surface area (Å²) < 4.78 is 1.42. The maximum atomic E-state index is 9.12. The molecule has 0 aliphatic heterocycles. The van der Waals surface area contributed by atoms with Gasteiger partial charge in [0.25, 0.3) is 0 Å². The molecule has 0 aliphatic rings. The van der Waals surface area contributed by atoms with Gasteiger partial charge in [0.2, 0.25) is 0 Å². The van der Waals surface area contributed by atoms with Gasteiger partial charge in [-0.05, 0) is 31.8 Å². The van der Waals surface area contributed by atoms with E-state index in [0.29, 0.717) is 12.5 Å². The zero-order chi connectivity index (χ0) is 17.1. The molecule has 0 amide bonds. The third kappa shape index (κ3) is 14.1. The van der Waals surface area contributed by atoms with Gasteiger partial charge < -0.3 is 9.59 Å². The van der Waals surface area contributed by atoms with E-state index < -0.39 is 0 Å². The number of nitrogens with zero attached hydrogens (tertiary/aromatic N) is 1. The normalized spacial score (nSPS) is 11.3. The molecule has 0 heterocycles. The Bertz CT molecular complexity index is 214. The van der Waals surface area contributed by atoms with Crippen LogP contribution in [0, 0.1) is 0 Å². The molecular formula is C19H39NO2. The lowest BCUT2D eigenvalue weighted by atomic mass is 10.1. The van der Waals surface area contributed by atoms with Crippen LogP contribution in [-0.4, -0.2) is 36.9 Å². The SMILES string of the molecule is CCCC[N+](CCCC)(CCCC)CCCC.O=CC=C[O-]. The Kier molecular flexibility index (Phi) is 19.4. The van der Waals surface area contributed by atoms with E-state index in [1.165, 1.54) is 82.0 Å². The predicted octanol–water partition coefficient (Wildman–Crippen LogP) is 4.06. The molecule has 0 aliphatic carbocycles. The van der Waals surface area contributed by atoms with Crippen molar-refractivity contribution in [3.05, 3.63) is 12.3 Å². The summed E-state index contributed by atoms with van der Waals surface area (Å²) >= 11 is 0. The van der Waals surface area contributed by atoms with Crippen LogP contribution in [0.1, 0.15) is 79.1 Å². The second-order valence-corrected chi connectivity index (χ2v) is 6.11. The molecule has 0 atom stereocenters. The predicted molar refractivity (Wildman–Crippen MR) is 94.6 cm³/mol. The Morgan fingerprint density at radius 2 is 1.05 bits per heavy atom. The van der Waals surface area contributed by atoms with E-state index >= 15 is 0 Å². The molecule has 0 fully saturated rings. The maximum absolute atomic E-state index is 9.12. The molecule has 3 nitrogen and oxygen atoms in total. The van der Waals surface area contributed by atoms with Crippen molar-refractivity contribution < 1.29 is 14.4 Å². The van der Waals surface area contributed by atoms with Gasteiger partial charge >= 0.3 is 0 Å². The smallest absolute Gasteiger partial charge is 0.141 e. The van der Waals surface area contributed by atoms with Crippen molar-refractivity contribution in [2.45, 2.75) is 79.1 Å². The molecule has 0 rings (SSSR count). The first-order valence-corrected chi connectivity index (χ1v) is 9.23. The van der Waals surface area contributed by atoms with Crippen LogP contribution < -0.4 is 5.11 Å². The lowest BCUT2D eigenvalue weighted by molar-refractivity contribution is -0.929. The number of rotatable bonds is 13. The third-order valence-corrected chi connectivity index (χ3v) is 4.10. The number of carbonyl (C=O) groups excluding carboxylic acids is 1. The summed E-state index contributed by atoms with van der Waals surface area (Å²) in [6.07, 6.45) is 12.8. The number of unbranched alkanes of at least 4 members (excludes halogenated alkanes) is 4. The average molecular weight is 314 g/mol. The summed E-state index contributed by atoms with van der Waals surface area (Å²) in [5, 5.41) is 9.12. The molecule has 0 aromatic heterocycles. The first-order valence-electron chi connectivity index (χ1n) is 9.23. The lowest BCUT2D eigenvalue weighted by Gasteiger charge is -2.39. The van der Waals surface area contributed by atoms with E-state index in [-0.39, 0.29) is 0 Å². The molecule has 0 saturated heterocycles. The van der Waals surface area contributed by atoms with Crippen LogP contribution >= 0.6 is 0 Å². The number of allylic oxidation sites excluding steroid dienone is 1. The summed E-state index contributed by atoms with van der Waals surface area (Å²) in [6, 6.07) is 0. The topological polar surface area (TPSA) is 40.1 Å². The summed E-state index contributed by atoms with van der Waals surface area (Å²) in [4.78, 5) is 9.12. The fourth-order valence-corrected chi connectivity index (χ4v) is 2.68. The van der Waals surface area contributed by atoms with Crippen molar-refractivity contribution >= 4 is 6.29 Å². The molecule has 0 spiro atoms. The van der Waals surface area contributed by atoms with E-state index in [1.807, 2.05) is 0 Å². The van der Waals surface area contributed by atoms with Gasteiger partial charge in [-0.3, -0.25) is 4.79 Å². The summed E-state index contributed by atoms with van der Waals surface area (Å²) in [6.45, 7) is 15.0. The minimum Gasteiger partial charge on any atom is -0.878 e. The molecule has 0 unspecified atom stereocenters. The molecule has 0 aromatic carbocycles. The van der Waals surface area contributed by atoms with E-state index in [2.05, 4.69) is 27.7 Å². The number of hydrogen-bond donors (Lipinski definition) is 0. The van der Waals surface area contributed by atoms with Crippen molar-refractivity contribution in [2.75, 3.05) is 26.2 Å². The van der Waals surface area contributed by atoms with E-state index in [1.54, 1.807) is 0 Å². The standard InChI is InChI=1S/C16H36N.C3H4O2/c1-5-9-13-17(14-10-6-2,15-11-7-3)16-12-8-4;4-2-1-3-5/h5-16H2,1-4H3;1-4H/q+1;/p-1. The first kappa shape index (κ1) is 23.4.